The topological polar surface area (TPSA) is 95.7 Å². The van der Waals surface area contributed by atoms with Crippen LogP contribution in [-0.4, -0.2) is 47.0 Å². The molecule has 1 aliphatic heterocycles. The van der Waals surface area contributed by atoms with Crippen LogP contribution in [0.25, 0.3) is 0 Å². The van der Waals surface area contributed by atoms with Gasteiger partial charge >= 0.3 is 0 Å². The van der Waals surface area contributed by atoms with Crippen LogP contribution in [0.5, 0.6) is 5.75 Å². The number of nitrogens with zero attached hydrogens (tertiary/aromatic N) is 1. The van der Waals surface area contributed by atoms with E-state index in [0.717, 1.165) is 55.5 Å². The van der Waals surface area contributed by atoms with Gasteiger partial charge in [-0.1, -0.05) is 30.3 Å². The lowest BCUT2D eigenvalue weighted by molar-refractivity contribution is -0.133. The smallest absolute Gasteiger partial charge is 0.243 e. The molecule has 31 heavy (non-hydrogen) atoms. The molecule has 0 bridgehead atoms. The van der Waals surface area contributed by atoms with Gasteiger partial charge in [0.1, 0.15) is 5.75 Å². The van der Waals surface area contributed by atoms with Crippen LogP contribution in [0.15, 0.2) is 42.5 Å². The highest BCUT2D eigenvalue weighted by Gasteiger charge is 2.32. The first-order chi connectivity index (χ1) is 14.8. The van der Waals surface area contributed by atoms with E-state index in [4.69, 9.17) is 5.73 Å². The first-order valence-electron chi connectivity index (χ1n) is 11.0. The van der Waals surface area contributed by atoms with Gasteiger partial charge in [-0.15, -0.1) is 0 Å². The zero-order chi connectivity index (χ0) is 22.4. The summed E-state index contributed by atoms with van der Waals surface area (Å²) in [6.07, 6.45) is 3.98. The lowest BCUT2D eigenvalue weighted by Crippen LogP contribution is -2.51. The fourth-order valence-electron chi connectivity index (χ4n) is 4.42. The summed E-state index contributed by atoms with van der Waals surface area (Å²) in [6.45, 7) is 5.46. The molecule has 0 spiro atoms. The molecule has 1 aliphatic rings. The molecule has 0 radical (unpaired) electrons. The zero-order valence-electron chi connectivity index (χ0n) is 18.4. The number of rotatable bonds is 8. The molecule has 1 saturated heterocycles. The summed E-state index contributed by atoms with van der Waals surface area (Å²) < 4.78 is 0. The molecular weight excluding hydrogens is 390 g/mol. The van der Waals surface area contributed by atoms with Crippen LogP contribution in [0, 0.1) is 13.8 Å². The quantitative estimate of drug-likeness (QED) is 0.607. The number of aryl methyl sites for hydroxylation is 3. The van der Waals surface area contributed by atoms with Crippen molar-refractivity contribution in [2.24, 2.45) is 5.73 Å². The molecule has 166 valence electrons. The molecule has 3 rings (SSSR count). The van der Waals surface area contributed by atoms with E-state index < -0.39 is 11.9 Å². The number of carbonyl (C=O) groups is 2. The van der Waals surface area contributed by atoms with Crippen LogP contribution in [0.1, 0.15) is 41.5 Å². The predicted octanol–water partition coefficient (Wildman–Crippen LogP) is 2.62. The molecule has 2 amide bonds. The summed E-state index contributed by atoms with van der Waals surface area (Å²) in [7, 11) is 0. The van der Waals surface area contributed by atoms with Crippen molar-refractivity contribution in [2.75, 3.05) is 13.1 Å². The lowest BCUT2D eigenvalue weighted by atomic mass is 9.96. The fourth-order valence-corrected chi connectivity index (χ4v) is 4.42. The van der Waals surface area contributed by atoms with E-state index in [0.29, 0.717) is 6.42 Å². The number of nitrogens with one attached hydrogen (secondary N) is 1. The second-order valence-corrected chi connectivity index (χ2v) is 8.51. The third kappa shape index (κ3) is 6.15. The van der Waals surface area contributed by atoms with E-state index in [2.05, 4.69) is 22.3 Å². The van der Waals surface area contributed by atoms with Crippen molar-refractivity contribution in [3.8, 4) is 5.75 Å². The normalized spacial score (nSPS) is 17.5. The van der Waals surface area contributed by atoms with Crippen LogP contribution in [0.2, 0.25) is 0 Å². The molecule has 1 fully saturated rings. The minimum atomic E-state index is -0.821. The molecule has 2 atom stereocenters. The Morgan fingerprint density at radius 1 is 1.19 bits per heavy atom. The van der Waals surface area contributed by atoms with Crippen LogP contribution in [0.4, 0.5) is 0 Å². The number of hydrogen-bond acceptors (Lipinski definition) is 5. The predicted molar refractivity (Wildman–Crippen MR) is 122 cm³/mol. The summed E-state index contributed by atoms with van der Waals surface area (Å²) in [5, 5.41) is 12.2. The highest BCUT2D eigenvalue weighted by atomic mass is 16.3. The van der Waals surface area contributed by atoms with Gasteiger partial charge < -0.3 is 10.8 Å². The maximum atomic E-state index is 12.8. The third-order valence-corrected chi connectivity index (χ3v) is 6.11. The minimum Gasteiger partial charge on any atom is -0.508 e. The second kappa shape index (κ2) is 10.6. The molecule has 2 aromatic carbocycles. The van der Waals surface area contributed by atoms with Gasteiger partial charge in [-0.2, -0.15) is 0 Å². The SMILES string of the molecule is Cc1cc(O)cc(C)c1C[C@H](N)C(=O)NC(=O)[C@H]1CCCN1CCCc1ccccc1. The first-order valence-corrected chi connectivity index (χ1v) is 11.0. The Bertz CT molecular complexity index is 890. The molecule has 0 unspecified atom stereocenters. The van der Waals surface area contributed by atoms with Crippen molar-refractivity contribution >= 4 is 11.8 Å². The number of likely N-dealkylation sites (tertiary alicyclic amines) is 1. The highest BCUT2D eigenvalue weighted by Crippen LogP contribution is 2.22. The van der Waals surface area contributed by atoms with Crippen LogP contribution in [-0.2, 0) is 22.4 Å². The third-order valence-electron chi connectivity index (χ3n) is 6.11. The Morgan fingerprint density at radius 3 is 2.55 bits per heavy atom. The average molecular weight is 424 g/mol. The van der Waals surface area contributed by atoms with Gasteiger partial charge in [0.15, 0.2) is 0 Å². The number of phenols is 1. The van der Waals surface area contributed by atoms with Crippen LogP contribution >= 0.6 is 0 Å². The number of aromatic hydroxyl groups is 1. The number of phenolic OH excluding ortho intramolecular Hbond substituents is 1. The fraction of sp³-hybridized carbons (Fsp3) is 0.440. The molecule has 1 heterocycles. The van der Waals surface area contributed by atoms with Crippen molar-refractivity contribution in [3.05, 3.63) is 64.7 Å². The number of nitrogens with two attached hydrogens (primary N) is 1. The van der Waals surface area contributed by atoms with Gasteiger partial charge in [-0.05, 0) is 93.4 Å². The number of imide groups is 1. The summed E-state index contributed by atoms with van der Waals surface area (Å²) >= 11 is 0. The molecule has 0 aliphatic carbocycles. The Balaban J connectivity index is 1.51. The maximum Gasteiger partial charge on any atom is 0.243 e. The van der Waals surface area contributed by atoms with Gasteiger partial charge in [0.25, 0.3) is 0 Å². The molecule has 4 N–H and O–H groups in total. The maximum absolute atomic E-state index is 12.8. The molecule has 6 nitrogen and oxygen atoms in total. The Kier molecular flexibility index (Phi) is 7.82. The summed E-state index contributed by atoms with van der Waals surface area (Å²) in [6, 6.07) is 12.5. The monoisotopic (exact) mass is 423 g/mol. The van der Waals surface area contributed by atoms with Gasteiger partial charge in [-0.25, -0.2) is 0 Å². The van der Waals surface area contributed by atoms with E-state index >= 15 is 0 Å². The minimum absolute atomic E-state index is 0.195. The van der Waals surface area contributed by atoms with Crippen molar-refractivity contribution in [3.63, 3.8) is 0 Å². The van der Waals surface area contributed by atoms with Crippen LogP contribution in [0.3, 0.4) is 0 Å². The van der Waals surface area contributed by atoms with E-state index in [1.54, 1.807) is 12.1 Å². The molecule has 0 saturated carbocycles. The van der Waals surface area contributed by atoms with Crippen LogP contribution < -0.4 is 11.1 Å². The number of carbonyl (C=O) groups excluding carboxylic acids is 2. The highest BCUT2D eigenvalue weighted by molar-refractivity contribution is 6.00. The average Bonchev–Trinajstić information content (AvgIpc) is 3.20. The van der Waals surface area contributed by atoms with E-state index in [1.165, 1.54) is 5.56 Å². The van der Waals surface area contributed by atoms with Crippen molar-refractivity contribution in [1.29, 1.82) is 0 Å². The van der Waals surface area contributed by atoms with E-state index in [1.807, 2.05) is 32.0 Å². The Labute approximate surface area is 184 Å². The Hall–Kier alpha value is -2.70. The zero-order valence-corrected chi connectivity index (χ0v) is 18.4. The van der Waals surface area contributed by atoms with Gasteiger partial charge in [0, 0.05) is 0 Å². The van der Waals surface area contributed by atoms with Gasteiger partial charge in [0.2, 0.25) is 11.8 Å². The van der Waals surface area contributed by atoms with Crippen molar-refractivity contribution < 1.29 is 14.7 Å². The summed E-state index contributed by atoms with van der Waals surface area (Å²) in [5.74, 6) is -0.509. The molecule has 6 heteroatoms. The first kappa shape index (κ1) is 23.0. The van der Waals surface area contributed by atoms with Crippen molar-refractivity contribution in [2.45, 2.75) is 58.0 Å². The largest absolute Gasteiger partial charge is 0.508 e. The Morgan fingerprint density at radius 2 is 1.87 bits per heavy atom. The summed E-state index contributed by atoms with van der Waals surface area (Å²) in [5.41, 5.74) is 10.1. The molecular formula is C25H33N3O3. The molecule has 0 aromatic heterocycles. The van der Waals surface area contributed by atoms with E-state index in [-0.39, 0.29) is 17.7 Å². The summed E-state index contributed by atoms with van der Waals surface area (Å²) in [4.78, 5) is 27.5. The standard InChI is InChI=1S/C25H33N3O3/c1-17-14-20(29)15-18(2)21(17)16-22(26)24(30)27-25(31)23-11-7-13-28(23)12-6-10-19-8-4-3-5-9-19/h3-5,8-9,14-15,22-23,29H,6-7,10-13,16,26H2,1-2H3,(H,27,30,31)/t22-,23+/m0/s1. The van der Waals surface area contributed by atoms with Crippen molar-refractivity contribution in [1.82, 2.24) is 10.2 Å². The number of amides is 2. The van der Waals surface area contributed by atoms with Gasteiger partial charge in [-0.3, -0.25) is 19.8 Å². The lowest BCUT2D eigenvalue weighted by Gasteiger charge is -2.24. The van der Waals surface area contributed by atoms with Gasteiger partial charge in [0.05, 0.1) is 12.1 Å². The molecule has 2 aromatic rings. The van der Waals surface area contributed by atoms with E-state index in [9.17, 15) is 14.7 Å². The second-order valence-electron chi connectivity index (χ2n) is 8.51. The number of hydrogen-bond donors (Lipinski definition) is 3. The number of benzene rings is 2.